The minimum atomic E-state index is 0.0517. The van der Waals surface area contributed by atoms with Crippen LogP contribution in [0.1, 0.15) is 27.7 Å². The Bertz CT molecular complexity index is 650. The Hall–Kier alpha value is -1.75. The van der Waals surface area contributed by atoms with Crippen LogP contribution in [-0.2, 0) is 17.6 Å². The molecule has 2 aromatic rings. The largest absolute Gasteiger partial charge is 0.326 e. The molecular weight excluding hydrogens is 270 g/mol. The van der Waals surface area contributed by atoms with E-state index in [0.717, 1.165) is 35.7 Å². The van der Waals surface area contributed by atoms with E-state index in [9.17, 15) is 4.79 Å². The van der Waals surface area contributed by atoms with Gasteiger partial charge in [0.1, 0.15) is 0 Å². The number of nitrogens with one attached hydrogen (secondary N) is 1. The van der Waals surface area contributed by atoms with Gasteiger partial charge in [-0.05, 0) is 45.2 Å². The first-order chi connectivity index (χ1) is 9.61. The average Bonchev–Trinajstić information content (AvgIpc) is 2.77. The Morgan fingerprint density at radius 3 is 3.10 bits per heavy atom. The van der Waals surface area contributed by atoms with Gasteiger partial charge < -0.3 is 5.32 Å². The summed E-state index contributed by atoms with van der Waals surface area (Å²) in [6, 6.07) is 3.72. The Kier molecular flexibility index (Phi) is 3.53. The van der Waals surface area contributed by atoms with Gasteiger partial charge in [-0.3, -0.25) is 9.78 Å². The number of amides is 1. The van der Waals surface area contributed by atoms with E-state index in [2.05, 4.69) is 15.3 Å². The van der Waals surface area contributed by atoms with E-state index in [1.54, 1.807) is 17.5 Å². The van der Waals surface area contributed by atoms with Crippen molar-refractivity contribution in [3.05, 3.63) is 39.6 Å². The molecule has 3 rings (SSSR count). The molecule has 104 valence electrons. The summed E-state index contributed by atoms with van der Waals surface area (Å²) in [5.74, 6) is 0.156. The molecule has 2 aromatic heterocycles. The Morgan fingerprint density at radius 2 is 2.30 bits per heavy atom. The molecule has 0 fully saturated rings. The normalized spacial score (nSPS) is 17.6. The summed E-state index contributed by atoms with van der Waals surface area (Å²) in [6.45, 7) is 3.94. The van der Waals surface area contributed by atoms with Crippen molar-refractivity contribution in [2.24, 2.45) is 5.92 Å². The minimum absolute atomic E-state index is 0.0517. The predicted octanol–water partition coefficient (Wildman–Crippen LogP) is 2.90. The quantitative estimate of drug-likeness (QED) is 0.924. The summed E-state index contributed by atoms with van der Waals surface area (Å²) >= 11 is 1.72. The number of nitrogens with zero attached hydrogens (tertiary/aromatic N) is 2. The van der Waals surface area contributed by atoms with Crippen LogP contribution in [-0.4, -0.2) is 15.9 Å². The SMILES string of the molecule is Cc1cc(NC(=O)C2CCc3nc(C)sc3C2)ccn1. The van der Waals surface area contributed by atoms with Crippen LogP contribution < -0.4 is 5.32 Å². The third-order valence-electron chi connectivity index (χ3n) is 3.58. The van der Waals surface area contributed by atoms with E-state index < -0.39 is 0 Å². The van der Waals surface area contributed by atoms with E-state index in [1.165, 1.54) is 10.6 Å². The molecule has 0 radical (unpaired) electrons. The highest BCUT2D eigenvalue weighted by Crippen LogP contribution is 2.30. The third kappa shape index (κ3) is 2.72. The molecule has 0 aromatic carbocycles. The zero-order valence-electron chi connectivity index (χ0n) is 11.6. The van der Waals surface area contributed by atoms with Gasteiger partial charge in [0.2, 0.25) is 5.91 Å². The molecule has 0 spiro atoms. The minimum Gasteiger partial charge on any atom is -0.326 e. The molecule has 0 aliphatic heterocycles. The molecule has 2 heterocycles. The molecule has 1 aliphatic rings. The van der Waals surface area contributed by atoms with Gasteiger partial charge in [0.05, 0.1) is 10.7 Å². The number of carbonyl (C=O) groups excluding carboxylic acids is 1. The second-order valence-corrected chi connectivity index (χ2v) is 6.51. The van der Waals surface area contributed by atoms with Gasteiger partial charge in [-0.25, -0.2) is 4.98 Å². The van der Waals surface area contributed by atoms with Crippen LogP contribution in [0.2, 0.25) is 0 Å². The highest BCUT2D eigenvalue weighted by molar-refractivity contribution is 7.11. The van der Waals surface area contributed by atoms with E-state index in [0.29, 0.717) is 0 Å². The van der Waals surface area contributed by atoms with Crippen LogP contribution in [0.5, 0.6) is 0 Å². The second kappa shape index (κ2) is 5.32. The number of thiazole rings is 1. The van der Waals surface area contributed by atoms with Crippen molar-refractivity contribution in [1.29, 1.82) is 0 Å². The zero-order valence-corrected chi connectivity index (χ0v) is 12.5. The number of aromatic nitrogens is 2. The second-order valence-electron chi connectivity index (χ2n) is 5.22. The molecule has 1 N–H and O–H groups in total. The molecule has 0 saturated carbocycles. The Labute approximate surface area is 122 Å². The summed E-state index contributed by atoms with van der Waals surface area (Å²) in [5.41, 5.74) is 2.93. The molecule has 4 nitrogen and oxygen atoms in total. The van der Waals surface area contributed by atoms with Crippen LogP contribution in [0.3, 0.4) is 0 Å². The smallest absolute Gasteiger partial charge is 0.227 e. The molecule has 20 heavy (non-hydrogen) atoms. The lowest BCUT2D eigenvalue weighted by Crippen LogP contribution is -2.27. The maximum atomic E-state index is 12.3. The highest BCUT2D eigenvalue weighted by Gasteiger charge is 2.27. The fraction of sp³-hybridized carbons (Fsp3) is 0.400. The maximum Gasteiger partial charge on any atom is 0.227 e. The van der Waals surface area contributed by atoms with Crippen molar-refractivity contribution in [3.63, 3.8) is 0 Å². The third-order valence-corrected chi connectivity index (χ3v) is 4.62. The lowest BCUT2D eigenvalue weighted by atomic mass is 9.90. The molecule has 1 amide bonds. The molecule has 1 unspecified atom stereocenters. The molecule has 1 atom stereocenters. The van der Waals surface area contributed by atoms with Gasteiger partial charge in [0, 0.05) is 28.4 Å². The van der Waals surface area contributed by atoms with Gasteiger partial charge in [-0.15, -0.1) is 11.3 Å². The number of fused-ring (bicyclic) bond motifs is 1. The summed E-state index contributed by atoms with van der Waals surface area (Å²) in [7, 11) is 0. The van der Waals surface area contributed by atoms with E-state index >= 15 is 0 Å². The summed E-state index contributed by atoms with van der Waals surface area (Å²) in [6.07, 6.45) is 4.33. The molecular formula is C15H17N3OS. The number of pyridine rings is 1. The van der Waals surface area contributed by atoms with Crippen LogP contribution in [0.25, 0.3) is 0 Å². The summed E-state index contributed by atoms with van der Waals surface area (Å²) in [4.78, 5) is 22.3. The van der Waals surface area contributed by atoms with Crippen LogP contribution in [0, 0.1) is 19.8 Å². The number of aryl methyl sites for hydroxylation is 3. The van der Waals surface area contributed by atoms with E-state index in [4.69, 9.17) is 0 Å². The lowest BCUT2D eigenvalue weighted by molar-refractivity contribution is -0.120. The first kappa shape index (κ1) is 13.2. The van der Waals surface area contributed by atoms with Crippen molar-refractivity contribution < 1.29 is 4.79 Å². The van der Waals surface area contributed by atoms with Crippen molar-refractivity contribution in [2.45, 2.75) is 33.1 Å². The maximum absolute atomic E-state index is 12.3. The van der Waals surface area contributed by atoms with Crippen LogP contribution in [0.4, 0.5) is 5.69 Å². The topological polar surface area (TPSA) is 54.9 Å². The van der Waals surface area contributed by atoms with Gasteiger partial charge in [-0.2, -0.15) is 0 Å². The lowest BCUT2D eigenvalue weighted by Gasteiger charge is -2.20. The van der Waals surface area contributed by atoms with Gasteiger partial charge >= 0.3 is 0 Å². The molecule has 0 bridgehead atoms. The van der Waals surface area contributed by atoms with Gasteiger partial charge in [0.25, 0.3) is 0 Å². The van der Waals surface area contributed by atoms with Crippen molar-refractivity contribution in [3.8, 4) is 0 Å². The Balaban J connectivity index is 1.70. The van der Waals surface area contributed by atoms with Crippen molar-refractivity contribution in [1.82, 2.24) is 9.97 Å². The number of hydrogen-bond donors (Lipinski definition) is 1. The van der Waals surface area contributed by atoms with Crippen LogP contribution >= 0.6 is 11.3 Å². The van der Waals surface area contributed by atoms with Gasteiger partial charge in [-0.1, -0.05) is 0 Å². The van der Waals surface area contributed by atoms with Crippen molar-refractivity contribution in [2.75, 3.05) is 5.32 Å². The van der Waals surface area contributed by atoms with Crippen molar-refractivity contribution >= 4 is 22.9 Å². The highest BCUT2D eigenvalue weighted by atomic mass is 32.1. The molecule has 0 saturated heterocycles. The van der Waals surface area contributed by atoms with E-state index in [-0.39, 0.29) is 11.8 Å². The summed E-state index contributed by atoms with van der Waals surface area (Å²) < 4.78 is 0. The standard InChI is InChI=1S/C15H17N3OS/c1-9-7-12(5-6-16-9)18-15(19)11-3-4-13-14(8-11)20-10(2)17-13/h5-7,11H,3-4,8H2,1-2H3,(H,16,18,19). The average molecular weight is 287 g/mol. The number of anilines is 1. The fourth-order valence-electron chi connectivity index (χ4n) is 2.60. The zero-order chi connectivity index (χ0) is 14.1. The van der Waals surface area contributed by atoms with Crippen LogP contribution in [0.15, 0.2) is 18.3 Å². The Morgan fingerprint density at radius 1 is 1.45 bits per heavy atom. The van der Waals surface area contributed by atoms with E-state index in [1.807, 2.05) is 26.0 Å². The predicted molar refractivity (Wildman–Crippen MR) is 80.0 cm³/mol. The molecule has 1 aliphatic carbocycles. The fourth-order valence-corrected chi connectivity index (χ4v) is 3.66. The number of hydrogen-bond acceptors (Lipinski definition) is 4. The number of rotatable bonds is 2. The van der Waals surface area contributed by atoms with Gasteiger partial charge in [0.15, 0.2) is 0 Å². The first-order valence-electron chi connectivity index (χ1n) is 6.80. The summed E-state index contributed by atoms with van der Waals surface area (Å²) in [5, 5.41) is 4.09. The monoisotopic (exact) mass is 287 g/mol. The first-order valence-corrected chi connectivity index (χ1v) is 7.62. The molecule has 5 heteroatoms. The number of carbonyl (C=O) groups is 1.